The normalized spacial score (nSPS) is 8.22. The van der Waals surface area contributed by atoms with Crippen LogP contribution in [0.15, 0.2) is 24.3 Å². The summed E-state index contributed by atoms with van der Waals surface area (Å²) in [5.74, 6) is 8.00. The lowest BCUT2D eigenvalue weighted by atomic mass is 10.6. The van der Waals surface area contributed by atoms with Gasteiger partial charge in [-0.25, -0.2) is 0 Å². The van der Waals surface area contributed by atoms with Gasteiger partial charge in [-0.2, -0.15) is 0 Å². The van der Waals surface area contributed by atoms with Gasteiger partial charge in [-0.15, -0.1) is 12.4 Å². The third-order valence-corrected chi connectivity index (χ3v) is 1.11. The zero-order chi connectivity index (χ0) is 5.98. The molecule has 0 heterocycles. The second-order valence-corrected chi connectivity index (χ2v) is 1.58. The van der Waals surface area contributed by atoms with Crippen LogP contribution in [0, 0.1) is 0 Å². The first-order valence-corrected chi connectivity index (χ1v) is 2.40. The molecule has 0 aromatic carbocycles. The minimum atomic E-state index is 0. The van der Waals surface area contributed by atoms with Crippen LogP contribution in [-0.2, 0) is 0 Å². The Morgan fingerprint density at radius 2 is 1.44 bits per heavy atom. The minimum Gasteiger partial charge on any atom is -0.274 e. The lowest BCUT2D eigenvalue weighted by molar-refractivity contribution is 1.26. The number of rotatable bonds is 0. The largest absolute Gasteiger partial charge is 0.274 e. The van der Waals surface area contributed by atoms with Crippen LogP contribution in [0.2, 0.25) is 0 Å². The second-order valence-electron chi connectivity index (χ2n) is 1.58. The number of nitrogens with two attached hydrogens (primary N) is 2. The first-order valence-electron chi connectivity index (χ1n) is 2.40. The van der Waals surface area contributed by atoms with E-state index < -0.39 is 0 Å². The predicted octanol–water partition coefficient (Wildman–Crippen LogP) is 0.908. The van der Waals surface area contributed by atoms with Crippen molar-refractivity contribution in [2.75, 3.05) is 0 Å². The van der Waals surface area contributed by atoms with Crippen LogP contribution in [0.1, 0.15) is 0 Å². The Hall–Kier alpha value is -0.570. The monoisotopic (exact) mass is 144 g/mol. The number of hydrazine groups is 1. The summed E-state index contributed by atoms with van der Waals surface area (Å²) < 4.78 is 0. The highest BCUT2D eigenvalue weighted by molar-refractivity contribution is 5.85. The van der Waals surface area contributed by atoms with Crippen LogP contribution in [0.3, 0.4) is 0 Å². The molecule has 2 rings (SSSR count). The smallest absolute Gasteiger partial charge is 0.0178 e. The summed E-state index contributed by atoms with van der Waals surface area (Å²) in [5, 5.41) is 0. The fraction of sp³-hybridized carbons (Fsp3) is 0. The van der Waals surface area contributed by atoms with Crippen LogP contribution in [0.25, 0.3) is 11.1 Å². The fourth-order valence-electron chi connectivity index (χ4n) is 0.676. The summed E-state index contributed by atoms with van der Waals surface area (Å²) in [4.78, 5) is 0. The van der Waals surface area contributed by atoms with Crippen LogP contribution < -0.4 is 11.7 Å². The maximum absolute atomic E-state index is 4.00. The molecule has 50 valence electrons. The van der Waals surface area contributed by atoms with E-state index in [1.54, 1.807) is 0 Å². The molecule has 0 aromatic heterocycles. The summed E-state index contributed by atoms with van der Waals surface area (Å²) in [6, 6.07) is 8.48. The van der Waals surface area contributed by atoms with Gasteiger partial charge in [-0.3, -0.25) is 11.7 Å². The SMILES string of the molecule is Cl.NN.c1cc2cc-2c1. The molecule has 2 aliphatic rings. The van der Waals surface area contributed by atoms with Crippen molar-refractivity contribution in [3.05, 3.63) is 24.3 Å². The van der Waals surface area contributed by atoms with Gasteiger partial charge < -0.3 is 0 Å². The molecular formula is C6H9ClN2. The van der Waals surface area contributed by atoms with E-state index in [9.17, 15) is 0 Å². The van der Waals surface area contributed by atoms with Gasteiger partial charge >= 0.3 is 0 Å². The van der Waals surface area contributed by atoms with E-state index >= 15 is 0 Å². The Kier molecular flexibility index (Phi) is 3.24. The number of halogens is 1. The molecule has 0 aromatic rings. The van der Waals surface area contributed by atoms with E-state index in [1.807, 2.05) is 0 Å². The molecule has 0 unspecified atom stereocenters. The summed E-state index contributed by atoms with van der Waals surface area (Å²) in [6.07, 6.45) is 0. The van der Waals surface area contributed by atoms with Crippen molar-refractivity contribution in [2.24, 2.45) is 11.7 Å². The van der Waals surface area contributed by atoms with Crippen LogP contribution in [0.5, 0.6) is 0 Å². The zero-order valence-corrected chi connectivity index (χ0v) is 5.69. The maximum Gasteiger partial charge on any atom is -0.0178 e. The van der Waals surface area contributed by atoms with Crippen LogP contribution in [-0.4, -0.2) is 0 Å². The summed E-state index contributed by atoms with van der Waals surface area (Å²) >= 11 is 0. The second kappa shape index (κ2) is 3.45. The molecule has 2 aliphatic carbocycles. The van der Waals surface area contributed by atoms with Crippen LogP contribution >= 0.6 is 12.4 Å². The summed E-state index contributed by atoms with van der Waals surface area (Å²) in [5.41, 5.74) is 2.85. The molecule has 0 radical (unpaired) electrons. The van der Waals surface area contributed by atoms with Gasteiger partial charge in [0.15, 0.2) is 0 Å². The lowest BCUT2D eigenvalue weighted by Gasteiger charge is -1.48. The van der Waals surface area contributed by atoms with Crippen LogP contribution in [0.4, 0.5) is 0 Å². The Morgan fingerprint density at radius 1 is 1.00 bits per heavy atom. The maximum atomic E-state index is 4.00. The summed E-state index contributed by atoms with van der Waals surface area (Å²) in [6.45, 7) is 0. The van der Waals surface area contributed by atoms with E-state index in [2.05, 4.69) is 36.0 Å². The van der Waals surface area contributed by atoms with Crippen molar-refractivity contribution in [1.29, 1.82) is 0 Å². The quantitative estimate of drug-likeness (QED) is 0.427. The molecule has 3 heteroatoms. The van der Waals surface area contributed by atoms with Gasteiger partial charge in [0, 0.05) is 0 Å². The van der Waals surface area contributed by atoms with Crippen molar-refractivity contribution in [3.63, 3.8) is 0 Å². The zero-order valence-electron chi connectivity index (χ0n) is 4.87. The molecule has 9 heavy (non-hydrogen) atoms. The Morgan fingerprint density at radius 3 is 1.56 bits per heavy atom. The summed E-state index contributed by atoms with van der Waals surface area (Å²) in [7, 11) is 0. The molecule has 0 aliphatic heterocycles. The van der Waals surface area contributed by atoms with E-state index in [0.717, 1.165) is 0 Å². The molecule has 0 fully saturated rings. The molecule has 0 bridgehead atoms. The number of hydrogen-bond acceptors (Lipinski definition) is 2. The van der Waals surface area contributed by atoms with E-state index in [-0.39, 0.29) is 12.4 Å². The van der Waals surface area contributed by atoms with Gasteiger partial charge in [0.1, 0.15) is 0 Å². The number of fused-ring (bicyclic) bond motifs is 1. The average molecular weight is 145 g/mol. The van der Waals surface area contributed by atoms with Crippen molar-refractivity contribution in [1.82, 2.24) is 0 Å². The average Bonchev–Trinajstić information content (AvgIpc) is 2.46. The number of benzene rings is 1. The Bertz CT molecular complexity index is 171. The van der Waals surface area contributed by atoms with Crippen molar-refractivity contribution < 1.29 is 0 Å². The molecule has 0 saturated heterocycles. The van der Waals surface area contributed by atoms with E-state index in [1.165, 1.54) is 11.1 Å². The highest BCUT2D eigenvalue weighted by Crippen LogP contribution is 2.32. The molecule has 2 nitrogen and oxygen atoms in total. The molecule has 0 saturated carbocycles. The van der Waals surface area contributed by atoms with Crippen molar-refractivity contribution in [2.45, 2.75) is 0 Å². The van der Waals surface area contributed by atoms with Gasteiger partial charge in [0.25, 0.3) is 0 Å². The first-order chi connectivity index (χ1) is 3.97. The van der Waals surface area contributed by atoms with Crippen molar-refractivity contribution >= 4 is 12.4 Å². The highest BCUT2D eigenvalue weighted by atomic mass is 35.5. The van der Waals surface area contributed by atoms with Crippen molar-refractivity contribution in [3.8, 4) is 11.1 Å². The van der Waals surface area contributed by atoms with Gasteiger partial charge in [0.05, 0.1) is 0 Å². The third-order valence-electron chi connectivity index (χ3n) is 1.11. The van der Waals surface area contributed by atoms with Gasteiger partial charge in [0.2, 0.25) is 0 Å². The third kappa shape index (κ3) is 1.68. The Balaban J connectivity index is 0.000000198. The lowest BCUT2D eigenvalue weighted by Crippen LogP contribution is -2.02. The van der Waals surface area contributed by atoms with E-state index in [4.69, 9.17) is 0 Å². The first kappa shape index (κ1) is 8.43. The fourth-order valence-corrected chi connectivity index (χ4v) is 0.676. The molecule has 4 N–H and O–H groups in total. The molecule has 0 amide bonds. The predicted molar refractivity (Wildman–Crippen MR) is 41.1 cm³/mol. The molecule has 0 spiro atoms. The van der Waals surface area contributed by atoms with Gasteiger partial charge in [-0.1, -0.05) is 18.2 Å². The topological polar surface area (TPSA) is 52.0 Å². The number of hydrogen-bond donors (Lipinski definition) is 2. The standard InChI is InChI=1S/C6H4.ClH.H4N2/c1-2-5-4-6(5)3-1;;1-2/h1-4H;1H;1-2H2. The van der Waals surface area contributed by atoms with E-state index in [0.29, 0.717) is 0 Å². The highest BCUT2D eigenvalue weighted by Gasteiger charge is 2.06. The van der Waals surface area contributed by atoms with Gasteiger partial charge in [-0.05, 0) is 17.2 Å². The Labute approximate surface area is 60.2 Å². The molecule has 0 atom stereocenters. The minimum absolute atomic E-state index is 0. The molecular weight excluding hydrogens is 136 g/mol.